The second-order valence-electron chi connectivity index (χ2n) is 10.1. The number of benzene rings is 2. The number of carbonyl (C=O) groups excluding carboxylic acids is 1. The summed E-state index contributed by atoms with van der Waals surface area (Å²) in [5, 5.41) is 14.3. The molecular formula is C29H33N2NaO3S. The van der Waals surface area contributed by atoms with Crippen molar-refractivity contribution in [1.82, 2.24) is 4.98 Å². The van der Waals surface area contributed by atoms with Gasteiger partial charge in [-0.2, -0.15) is 0 Å². The molecule has 2 saturated carbocycles. The monoisotopic (exact) mass is 512 g/mol. The summed E-state index contributed by atoms with van der Waals surface area (Å²) in [5.41, 5.74) is 3.38. The molecule has 184 valence electrons. The van der Waals surface area contributed by atoms with Crippen LogP contribution in [0.15, 0.2) is 53.9 Å². The number of hydrogen-bond donors (Lipinski definition) is 0. The number of carboxylic acids is 1. The van der Waals surface area contributed by atoms with Gasteiger partial charge in [-0.05, 0) is 79.8 Å². The van der Waals surface area contributed by atoms with Crippen molar-refractivity contribution >= 4 is 22.4 Å². The number of anilines is 1. The van der Waals surface area contributed by atoms with Crippen molar-refractivity contribution in [3.63, 3.8) is 0 Å². The number of carbonyl (C=O) groups is 1. The average molecular weight is 513 g/mol. The molecule has 1 aromatic heterocycles. The largest absolute Gasteiger partial charge is 1.00 e. The average Bonchev–Trinajstić information content (AvgIpc) is 3.58. The predicted molar refractivity (Wildman–Crippen MR) is 139 cm³/mol. The Morgan fingerprint density at radius 1 is 1.00 bits per heavy atom. The van der Waals surface area contributed by atoms with Gasteiger partial charge in [-0.15, -0.1) is 11.3 Å². The number of ether oxygens (including phenoxy) is 1. The van der Waals surface area contributed by atoms with Gasteiger partial charge in [0.2, 0.25) is 0 Å². The van der Waals surface area contributed by atoms with Gasteiger partial charge in [-0.3, -0.25) is 0 Å². The van der Waals surface area contributed by atoms with Gasteiger partial charge in [0.15, 0.2) is 5.13 Å². The van der Waals surface area contributed by atoms with Crippen LogP contribution in [0.5, 0.6) is 5.75 Å². The van der Waals surface area contributed by atoms with Crippen LogP contribution in [0.25, 0.3) is 11.3 Å². The molecular weight excluding hydrogens is 479 g/mol. The van der Waals surface area contributed by atoms with E-state index in [4.69, 9.17) is 9.72 Å². The molecule has 5 nitrogen and oxygen atoms in total. The van der Waals surface area contributed by atoms with Crippen LogP contribution in [-0.4, -0.2) is 23.1 Å². The van der Waals surface area contributed by atoms with Crippen LogP contribution in [0.2, 0.25) is 0 Å². The minimum absolute atomic E-state index is 0. The number of carboxylic acid groups (broad SMARTS) is 1. The molecule has 0 N–H and O–H groups in total. The minimum Gasteiger partial charge on any atom is -0.545 e. The molecule has 36 heavy (non-hydrogen) atoms. The maximum Gasteiger partial charge on any atom is 1.00 e. The minimum atomic E-state index is -1.14. The zero-order valence-corrected chi connectivity index (χ0v) is 24.1. The maximum absolute atomic E-state index is 11.1. The fraction of sp³-hybridized carbons (Fsp3) is 0.448. The van der Waals surface area contributed by atoms with Crippen molar-refractivity contribution in [1.29, 1.82) is 0 Å². The molecule has 0 aliphatic heterocycles. The van der Waals surface area contributed by atoms with Gasteiger partial charge in [0.25, 0.3) is 0 Å². The van der Waals surface area contributed by atoms with E-state index in [1.165, 1.54) is 25.7 Å². The smallest absolute Gasteiger partial charge is 0.545 e. The van der Waals surface area contributed by atoms with E-state index in [2.05, 4.69) is 41.5 Å². The number of aromatic nitrogens is 1. The quantitative estimate of drug-likeness (QED) is 0.434. The summed E-state index contributed by atoms with van der Waals surface area (Å²) in [5.74, 6) is 0.621. The van der Waals surface area contributed by atoms with E-state index in [0.717, 1.165) is 65.8 Å². The Morgan fingerprint density at radius 2 is 1.67 bits per heavy atom. The first-order chi connectivity index (χ1) is 17.0. The second kappa shape index (κ2) is 12.6. The van der Waals surface area contributed by atoms with Gasteiger partial charge in [0.1, 0.15) is 5.75 Å². The van der Waals surface area contributed by atoms with Crippen molar-refractivity contribution in [2.24, 2.45) is 5.92 Å². The Bertz CT molecular complexity index is 1120. The van der Waals surface area contributed by atoms with Crippen LogP contribution in [0.4, 0.5) is 5.13 Å². The predicted octanol–water partition coefficient (Wildman–Crippen LogP) is 3.08. The first-order valence-electron chi connectivity index (χ1n) is 12.8. The molecule has 2 aliphatic rings. The number of thiazole rings is 1. The van der Waals surface area contributed by atoms with Gasteiger partial charge in [-0.1, -0.05) is 44.0 Å². The third-order valence-corrected chi connectivity index (χ3v) is 8.34. The maximum atomic E-state index is 11.1. The van der Waals surface area contributed by atoms with Gasteiger partial charge in [0, 0.05) is 23.5 Å². The summed E-state index contributed by atoms with van der Waals surface area (Å²) in [6.07, 6.45) is 9.94. The zero-order valence-electron chi connectivity index (χ0n) is 21.3. The van der Waals surface area contributed by atoms with E-state index >= 15 is 0 Å². The van der Waals surface area contributed by atoms with Crippen LogP contribution in [0.3, 0.4) is 0 Å². The standard InChI is InChI=1S/C29H34N2O3S.Na/c1-20-6-14-25(15-7-20)34-26-16-12-22(13-17-26)27-19-35-29(30-27)31(24-4-2-3-5-24)18-21-8-10-23(11-9-21)28(32)33;/h8-13,16-17,19-20,24-25H,2-7,14-15,18H2,1H3,(H,32,33);/q;+1/p-1. The van der Waals surface area contributed by atoms with E-state index in [1.54, 1.807) is 23.5 Å². The van der Waals surface area contributed by atoms with E-state index in [1.807, 2.05) is 12.1 Å². The second-order valence-corrected chi connectivity index (χ2v) is 10.9. The third-order valence-electron chi connectivity index (χ3n) is 7.46. The molecule has 7 heteroatoms. The van der Waals surface area contributed by atoms with Gasteiger partial charge < -0.3 is 19.5 Å². The fourth-order valence-electron chi connectivity index (χ4n) is 5.28. The molecule has 0 radical (unpaired) electrons. The van der Waals surface area contributed by atoms with Crippen molar-refractivity contribution in [2.75, 3.05) is 4.90 Å². The third kappa shape index (κ3) is 6.71. The van der Waals surface area contributed by atoms with Crippen LogP contribution < -0.4 is 44.3 Å². The Balaban J connectivity index is 0.00000304. The molecule has 0 spiro atoms. The number of nitrogens with zero attached hydrogens (tertiary/aromatic N) is 2. The molecule has 0 bridgehead atoms. The van der Waals surface area contributed by atoms with Crippen LogP contribution >= 0.6 is 11.3 Å². The SMILES string of the molecule is CC1CCC(Oc2ccc(-c3csc(N(Cc4ccc(C(=O)[O-])cc4)C4CCCC4)n3)cc2)CC1.[Na+]. The summed E-state index contributed by atoms with van der Waals surface area (Å²) >= 11 is 1.68. The number of rotatable bonds is 8. The van der Waals surface area contributed by atoms with E-state index in [-0.39, 0.29) is 35.1 Å². The number of hydrogen-bond acceptors (Lipinski definition) is 6. The summed E-state index contributed by atoms with van der Waals surface area (Å²) < 4.78 is 6.23. The Kier molecular flexibility index (Phi) is 9.51. The van der Waals surface area contributed by atoms with Crippen LogP contribution in [0.1, 0.15) is 74.2 Å². The molecule has 2 fully saturated rings. The summed E-state index contributed by atoms with van der Waals surface area (Å²) in [6, 6.07) is 15.8. The van der Waals surface area contributed by atoms with Crippen molar-refractivity contribution in [3.05, 3.63) is 65.0 Å². The van der Waals surface area contributed by atoms with Gasteiger partial charge >= 0.3 is 29.6 Å². The molecule has 0 unspecified atom stereocenters. The van der Waals surface area contributed by atoms with Crippen LogP contribution in [-0.2, 0) is 6.54 Å². The van der Waals surface area contributed by atoms with Crippen molar-refractivity contribution in [3.8, 4) is 17.0 Å². The first-order valence-corrected chi connectivity index (χ1v) is 13.7. The Morgan fingerprint density at radius 3 is 2.31 bits per heavy atom. The van der Waals surface area contributed by atoms with E-state index in [9.17, 15) is 9.90 Å². The van der Waals surface area contributed by atoms with Gasteiger partial charge in [0.05, 0.1) is 17.8 Å². The fourth-order valence-corrected chi connectivity index (χ4v) is 6.19. The molecule has 2 aliphatic carbocycles. The first kappa shape index (κ1) is 27.2. The summed E-state index contributed by atoms with van der Waals surface area (Å²) in [4.78, 5) is 18.5. The van der Waals surface area contributed by atoms with Crippen LogP contribution in [0, 0.1) is 5.92 Å². The molecule has 0 saturated heterocycles. The Labute approximate surface area is 240 Å². The molecule has 3 aromatic rings. The van der Waals surface area contributed by atoms with E-state index in [0.29, 0.717) is 12.1 Å². The molecule has 1 heterocycles. The molecule has 0 atom stereocenters. The van der Waals surface area contributed by atoms with Gasteiger partial charge in [-0.25, -0.2) is 4.98 Å². The molecule has 5 rings (SSSR count). The zero-order chi connectivity index (χ0) is 24.2. The summed E-state index contributed by atoms with van der Waals surface area (Å²) in [7, 11) is 0. The number of aromatic carboxylic acids is 1. The van der Waals surface area contributed by atoms with Crippen molar-refractivity contribution < 1.29 is 44.2 Å². The summed E-state index contributed by atoms with van der Waals surface area (Å²) in [6.45, 7) is 3.05. The normalized spacial score (nSPS) is 20.0. The Hall–Kier alpha value is -1.86. The topological polar surface area (TPSA) is 65.5 Å². The van der Waals surface area contributed by atoms with E-state index < -0.39 is 5.97 Å². The van der Waals surface area contributed by atoms with Crippen molar-refractivity contribution in [2.45, 2.75) is 77.0 Å². The molecule has 2 aromatic carbocycles. The molecule has 0 amide bonds.